The fourth-order valence-electron chi connectivity index (χ4n) is 8.45. The molecule has 0 saturated heterocycles. The zero-order chi connectivity index (χ0) is 40.6. The fourth-order valence-corrected chi connectivity index (χ4v) is 18.6. The van der Waals surface area contributed by atoms with Gasteiger partial charge in [0.25, 0.3) is 0 Å². The van der Waals surface area contributed by atoms with Crippen LogP contribution < -0.4 is 24.8 Å². The van der Waals surface area contributed by atoms with E-state index < -0.39 is 44.7 Å². The van der Waals surface area contributed by atoms with Crippen LogP contribution in [-0.2, 0) is 44.4 Å². The minimum Gasteiger partial charge on any atom is -1.00 e. The Labute approximate surface area is 355 Å². The number of allylic oxidation sites excluding steroid dienone is 4. The maximum absolute atomic E-state index is 14.5. The third-order valence-corrected chi connectivity index (χ3v) is 20.2. The number of hydrogen-bond donors (Lipinski definition) is 0. The van der Waals surface area contributed by atoms with E-state index in [1.807, 2.05) is 0 Å². The van der Waals surface area contributed by atoms with E-state index in [4.69, 9.17) is 0 Å². The van der Waals surface area contributed by atoms with Gasteiger partial charge in [0.15, 0.2) is 0 Å². The Kier molecular flexibility index (Phi) is 13.5. The molecule has 0 amide bonds. The largest absolute Gasteiger partial charge is 1.00 e. The summed E-state index contributed by atoms with van der Waals surface area (Å²) in [4.78, 5) is 0. The Balaban J connectivity index is 0.00000360. The summed E-state index contributed by atoms with van der Waals surface area (Å²) in [5.74, 6) is -0.0413. The van der Waals surface area contributed by atoms with Crippen LogP contribution in [0.4, 0.5) is 26.3 Å². The quantitative estimate of drug-likeness (QED) is 0.176. The molecule has 0 N–H and O–H groups in total. The summed E-state index contributed by atoms with van der Waals surface area (Å²) in [5.41, 5.74) is 7.76. The van der Waals surface area contributed by atoms with Crippen LogP contribution in [0, 0.1) is 11.3 Å². The molecule has 0 aliphatic heterocycles. The number of benzene rings is 4. The third kappa shape index (κ3) is 9.22. The summed E-state index contributed by atoms with van der Waals surface area (Å²) in [6.07, 6.45) is -6.24. The van der Waals surface area contributed by atoms with Gasteiger partial charge in [-0.2, -0.15) is 0 Å². The van der Waals surface area contributed by atoms with Gasteiger partial charge in [-0.3, -0.25) is 0 Å². The van der Waals surface area contributed by atoms with Gasteiger partial charge in [0.05, 0.1) is 0 Å². The summed E-state index contributed by atoms with van der Waals surface area (Å²) in [6.45, 7) is 23.9. The standard InChI is InChI=1S/C21H25.C15H8F6.C12H19.2ClH.Zr/c1-20(2,3)16-9-7-14-11-15-8-10-17(21(4,5)6)13-19(15)18(14)12-16;16-14(17,18)12-5-1-3-10(8-12)7-11-4-2-6-13(9-11)15(19,20)21;1-6-10-7-9(2)8-11(10)12(3,4)5;;;/h7-13H,1-6H3;1-6,8-9H;8-9H,6H2,1-5H3;2*1H;/q;;;;;+2/p-2. The van der Waals surface area contributed by atoms with E-state index in [1.165, 1.54) is 49.8 Å². The predicted molar refractivity (Wildman–Crippen MR) is 211 cm³/mol. The van der Waals surface area contributed by atoms with Crippen LogP contribution in [0.1, 0.15) is 131 Å². The van der Waals surface area contributed by atoms with Crippen molar-refractivity contribution in [2.45, 2.75) is 109 Å². The maximum atomic E-state index is 14.5. The molecular formula is C48H52Cl2F6Zr. The molecule has 0 bridgehead atoms. The van der Waals surface area contributed by atoms with Gasteiger partial charge >= 0.3 is 333 Å². The van der Waals surface area contributed by atoms with E-state index in [0.717, 1.165) is 34.4 Å². The van der Waals surface area contributed by atoms with Crippen molar-refractivity contribution in [1.82, 2.24) is 0 Å². The van der Waals surface area contributed by atoms with Gasteiger partial charge in [0.2, 0.25) is 0 Å². The van der Waals surface area contributed by atoms with E-state index in [0.29, 0.717) is 20.8 Å². The van der Waals surface area contributed by atoms with Crippen molar-refractivity contribution in [1.29, 1.82) is 0 Å². The second kappa shape index (κ2) is 16.4. The predicted octanol–water partition coefficient (Wildman–Crippen LogP) is 8.57. The Hall–Kier alpha value is -2.73. The second-order valence-electron chi connectivity index (χ2n) is 18.3. The van der Waals surface area contributed by atoms with Crippen LogP contribution >= 0.6 is 0 Å². The van der Waals surface area contributed by atoms with Gasteiger partial charge in [0, 0.05) is 0 Å². The molecule has 4 aromatic rings. The Bertz CT molecular complexity index is 2130. The van der Waals surface area contributed by atoms with Gasteiger partial charge < -0.3 is 24.8 Å². The van der Waals surface area contributed by atoms with Crippen LogP contribution in [-0.4, -0.2) is 3.21 Å². The third-order valence-electron chi connectivity index (χ3n) is 11.2. The molecule has 304 valence electrons. The summed E-state index contributed by atoms with van der Waals surface area (Å²) in [7, 11) is 0. The summed E-state index contributed by atoms with van der Waals surface area (Å²) in [5, 5.41) is 0. The van der Waals surface area contributed by atoms with E-state index in [-0.39, 0.29) is 50.6 Å². The molecule has 1 atom stereocenters. The minimum absolute atomic E-state index is 0. The molecule has 0 saturated carbocycles. The normalized spacial score (nSPS) is 15.9. The summed E-state index contributed by atoms with van der Waals surface area (Å²) >= 11 is -3.82. The second-order valence-corrected chi connectivity index (χ2v) is 24.4. The Morgan fingerprint density at radius 1 is 0.561 bits per heavy atom. The fraction of sp³-hybridized carbons (Fsp3) is 0.396. The van der Waals surface area contributed by atoms with E-state index in [9.17, 15) is 26.3 Å². The van der Waals surface area contributed by atoms with Crippen molar-refractivity contribution in [3.8, 4) is 11.1 Å². The molecule has 57 heavy (non-hydrogen) atoms. The topological polar surface area (TPSA) is 0 Å². The number of fused-ring (bicyclic) bond motifs is 3. The zero-order valence-electron chi connectivity index (χ0n) is 34.5. The van der Waals surface area contributed by atoms with Gasteiger partial charge in [0.1, 0.15) is 0 Å². The summed E-state index contributed by atoms with van der Waals surface area (Å²) < 4.78 is 88.8. The molecular weight excluding hydrogens is 853 g/mol. The van der Waals surface area contributed by atoms with Crippen molar-refractivity contribution in [2.24, 2.45) is 11.3 Å². The first-order valence-corrected chi connectivity index (χ1v) is 23.0. The van der Waals surface area contributed by atoms with E-state index in [1.54, 1.807) is 12.1 Å². The van der Waals surface area contributed by atoms with Crippen molar-refractivity contribution in [3.63, 3.8) is 0 Å². The molecule has 9 heteroatoms. The molecule has 0 heterocycles. The van der Waals surface area contributed by atoms with Gasteiger partial charge in [-0.15, -0.1) is 0 Å². The molecule has 0 aromatic heterocycles. The van der Waals surface area contributed by atoms with Crippen LogP contribution in [0.25, 0.3) is 11.1 Å². The first-order chi connectivity index (χ1) is 25.3. The van der Waals surface area contributed by atoms with Gasteiger partial charge in [-0.25, -0.2) is 0 Å². The van der Waals surface area contributed by atoms with Crippen molar-refractivity contribution >= 4 is 3.21 Å². The number of hydrogen-bond acceptors (Lipinski definition) is 0. The van der Waals surface area contributed by atoms with Crippen molar-refractivity contribution in [2.75, 3.05) is 0 Å². The van der Waals surface area contributed by atoms with Gasteiger partial charge in [-0.1, -0.05) is 0 Å². The molecule has 0 nitrogen and oxygen atoms in total. The van der Waals surface area contributed by atoms with Crippen LogP contribution in [0.5, 0.6) is 0 Å². The molecule has 2 aliphatic rings. The smallest absolute Gasteiger partial charge is 1.00 e. The van der Waals surface area contributed by atoms with Crippen LogP contribution in [0.3, 0.4) is 0 Å². The number of alkyl halides is 6. The monoisotopic (exact) mass is 902 g/mol. The van der Waals surface area contributed by atoms with Gasteiger partial charge in [-0.05, 0) is 0 Å². The summed E-state index contributed by atoms with van der Waals surface area (Å²) in [6, 6.07) is 23.9. The number of halogens is 8. The first kappa shape index (κ1) is 47.0. The molecule has 2 aliphatic carbocycles. The minimum atomic E-state index is -4.63. The molecule has 0 spiro atoms. The molecule has 4 aromatic carbocycles. The average molecular weight is 905 g/mol. The number of rotatable bonds is 5. The molecule has 0 fully saturated rings. The first-order valence-electron chi connectivity index (χ1n) is 19.2. The van der Waals surface area contributed by atoms with Crippen molar-refractivity contribution in [3.05, 3.63) is 150 Å². The SMILES string of the molecule is CCC1=[C]([Zr+2](=[C](c2cccc(C(F)(F)F)c2)c2cccc(C(F)(F)F)c2)[CH]2c3ccc(C(C)(C)C)cc3-c3cc(C(C)(C)C)ccc32)C(C)C=C1C(C)(C)C.[Cl-].[Cl-]. The van der Waals surface area contributed by atoms with E-state index >= 15 is 0 Å². The molecule has 1 unspecified atom stereocenters. The molecule has 6 rings (SSSR count). The van der Waals surface area contributed by atoms with Crippen molar-refractivity contribution < 1.29 is 72.4 Å². The van der Waals surface area contributed by atoms with Crippen LogP contribution in [0.15, 0.2) is 105 Å². The average Bonchev–Trinajstić information content (AvgIpc) is 3.59. The maximum Gasteiger partial charge on any atom is -1.00 e. The molecule has 0 radical (unpaired) electrons. The Morgan fingerprint density at radius 2 is 0.982 bits per heavy atom. The van der Waals surface area contributed by atoms with Crippen LogP contribution in [0.2, 0.25) is 0 Å². The Morgan fingerprint density at radius 3 is 1.33 bits per heavy atom. The zero-order valence-corrected chi connectivity index (χ0v) is 38.5. The van der Waals surface area contributed by atoms with E-state index in [2.05, 4.69) is 119 Å².